The molecule has 114 valence electrons. The molecule has 0 bridgehead atoms. The van der Waals surface area contributed by atoms with Gasteiger partial charge in [-0.05, 0) is 42.0 Å². The third kappa shape index (κ3) is 4.69. The van der Waals surface area contributed by atoms with Gasteiger partial charge >= 0.3 is 6.03 Å². The monoisotopic (exact) mass is 336 g/mol. The van der Waals surface area contributed by atoms with Crippen LogP contribution in [0.3, 0.4) is 0 Å². The van der Waals surface area contributed by atoms with E-state index >= 15 is 0 Å². The van der Waals surface area contributed by atoms with E-state index in [0.29, 0.717) is 15.7 Å². The van der Waals surface area contributed by atoms with E-state index in [2.05, 4.69) is 10.6 Å². The van der Waals surface area contributed by atoms with Crippen molar-refractivity contribution >= 4 is 41.0 Å². The van der Waals surface area contributed by atoms with Crippen molar-refractivity contribution in [2.45, 2.75) is 0 Å². The van der Waals surface area contributed by atoms with Gasteiger partial charge in [0, 0.05) is 11.2 Å². The fourth-order valence-corrected chi connectivity index (χ4v) is 2.02. The topological polar surface area (TPSA) is 50.4 Å². The molecule has 0 saturated carbocycles. The second kappa shape index (κ2) is 7.73. The number of hydrogen-bond donors (Lipinski definition) is 2. The molecular formula is C16H14Cl2N2O2. The Labute approximate surface area is 138 Å². The largest absolute Gasteiger partial charge is 0.497 e. The van der Waals surface area contributed by atoms with Crippen LogP contribution in [0.1, 0.15) is 5.56 Å². The second-order valence-corrected chi connectivity index (χ2v) is 5.17. The Morgan fingerprint density at radius 1 is 1.14 bits per heavy atom. The molecule has 6 heteroatoms. The molecular weight excluding hydrogens is 323 g/mol. The van der Waals surface area contributed by atoms with Gasteiger partial charge in [-0.2, -0.15) is 0 Å². The molecule has 4 nitrogen and oxygen atoms in total. The van der Waals surface area contributed by atoms with Crippen molar-refractivity contribution in [3.63, 3.8) is 0 Å². The fourth-order valence-electron chi connectivity index (χ4n) is 1.68. The SMILES string of the molecule is COc1ccc(/C=C/NC(=O)Nc2cc(Cl)ccc2Cl)cc1. The summed E-state index contributed by atoms with van der Waals surface area (Å²) in [5.41, 5.74) is 1.38. The van der Waals surface area contributed by atoms with E-state index in [1.807, 2.05) is 24.3 Å². The molecule has 0 saturated heterocycles. The van der Waals surface area contributed by atoms with Crippen LogP contribution >= 0.6 is 23.2 Å². The van der Waals surface area contributed by atoms with E-state index in [4.69, 9.17) is 27.9 Å². The second-order valence-electron chi connectivity index (χ2n) is 4.33. The highest BCUT2D eigenvalue weighted by atomic mass is 35.5. The number of rotatable bonds is 4. The molecule has 2 aromatic rings. The first kappa shape index (κ1) is 16.2. The molecule has 0 aliphatic rings. The average molecular weight is 337 g/mol. The van der Waals surface area contributed by atoms with Crippen LogP contribution < -0.4 is 15.4 Å². The molecule has 0 heterocycles. The number of ether oxygens (including phenoxy) is 1. The van der Waals surface area contributed by atoms with Crippen molar-refractivity contribution in [2.24, 2.45) is 0 Å². The summed E-state index contributed by atoms with van der Waals surface area (Å²) in [4.78, 5) is 11.8. The third-order valence-electron chi connectivity index (χ3n) is 2.78. The molecule has 2 N–H and O–H groups in total. The van der Waals surface area contributed by atoms with E-state index in [9.17, 15) is 4.79 Å². The van der Waals surface area contributed by atoms with Crippen molar-refractivity contribution < 1.29 is 9.53 Å². The summed E-state index contributed by atoms with van der Waals surface area (Å²) >= 11 is 11.8. The van der Waals surface area contributed by atoms with Crippen LogP contribution in [0.15, 0.2) is 48.7 Å². The molecule has 0 fully saturated rings. The Bertz CT molecular complexity index is 685. The van der Waals surface area contributed by atoms with E-state index in [1.165, 1.54) is 6.20 Å². The van der Waals surface area contributed by atoms with E-state index < -0.39 is 6.03 Å². The van der Waals surface area contributed by atoms with Gasteiger partial charge in [-0.15, -0.1) is 0 Å². The molecule has 0 aliphatic heterocycles. The predicted molar refractivity (Wildman–Crippen MR) is 90.6 cm³/mol. The van der Waals surface area contributed by atoms with E-state index in [0.717, 1.165) is 11.3 Å². The lowest BCUT2D eigenvalue weighted by atomic mass is 10.2. The van der Waals surface area contributed by atoms with E-state index in [1.54, 1.807) is 31.4 Å². The Kier molecular flexibility index (Phi) is 5.69. The van der Waals surface area contributed by atoms with E-state index in [-0.39, 0.29) is 0 Å². The van der Waals surface area contributed by atoms with Crippen LogP contribution in [0.2, 0.25) is 10.0 Å². The number of hydrogen-bond acceptors (Lipinski definition) is 2. The normalized spacial score (nSPS) is 10.5. The molecule has 0 atom stereocenters. The Morgan fingerprint density at radius 3 is 2.55 bits per heavy atom. The molecule has 22 heavy (non-hydrogen) atoms. The molecule has 2 aromatic carbocycles. The fraction of sp³-hybridized carbons (Fsp3) is 0.0625. The van der Waals surface area contributed by atoms with Crippen LogP contribution in [0, 0.1) is 0 Å². The first-order chi connectivity index (χ1) is 10.6. The molecule has 0 unspecified atom stereocenters. The van der Waals surface area contributed by atoms with Crippen molar-refractivity contribution in [1.29, 1.82) is 0 Å². The first-order valence-corrected chi connectivity index (χ1v) is 7.17. The summed E-state index contributed by atoms with van der Waals surface area (Å²) in [6.07, 6.45) is 3.30. The lowest BCUT2D eigenvalue weighted by Gasteiger charge is -2.07. The zero-order valence-electron chi connectivity index (χ0n) is 11.8. The van der Waals surface area contributed by atoms with Crippen LogP contribution in [0.4, 0.5) is 10.5 Å². The summed E-state index contributed by atoms with van der Waals surface area (Å²) in [6.45, 7) is 0. The minimum Gasteiger partial charge on any atom is -0.497 e. The average Bonchev–Trinajstić information content (AvgIpc) is 2.51. The number of carbonyl (C=O) groups excluding carboxylic acids is 1. The summed E-state index contributed by atoms with van der Waals surface area (Å²) in [5, 5.41) is 6.12. The number of nitrogens with one attached hydrogen (secondary N) is 2. The standard InChI is InChI=1S/C16H14Cl2N2O2/c1-22-13-5-2-11(3-6-13)8-9-19-16(21)20-15-10-12(17)4-7-14(15)18/h2-10H,1H3,(H2,19,20,21)/b9-8+. The van der Waals surface area contributed by atoms with Crippen molar-refractivity contribution in [3.05, 3.63) is 64.3 Å². The lowest BCUT2D eigenvalue weighted by Crippen LogP contribution is -2.23. The Balaban J connectivity index is 1.91. The van der Waals surface area contributed by atoms with Gasteiger partial charge in [-0.25, -0.2) is 4.79 Å². The molecule has 0 spiro atoms. The van der Waals surface area contributed by atoms with Crippen LogP contribution in [-0.2, 0) is 0 Å². The summed E-state index contributed by atoms with van der Waals surface area (Å²) in [7, 11) is 1.61. The lowest BCUT2D eigenvalue weighted by molar-refractivity contribution is 0.255. The highest BCUT2D eigenvalue weighted by molar-refractivity contribution is 6.35. The van der Waals surface area contributed by atoms with Gasteiger partial charge in [0.25, 0.3) is 0 Å². The van der Waals surface area contributed by atoms with Gasteiger partial charge in [0.15, 0.2) is 0 Å². The molecule has 0 radical (unpaired) electrons. The van der Waals surface area contributed by atoms with Gasteiger partial charge in [-0.3, -0.25) is 0 Å². The van der Waals surface area contributed by atoms with Gasteiger partial charge in [0.2, 0.25) is 0 Å². The Hall–Kier alpha value is -2.17. The number of halogens is 2. The summed E-state index contributed by atoms with van der Waals surface area (Å²) in [6, 6.07) is 11.9. The summed E-state index contributed by atoms with van der Waals surface area (Å²) < 4.78 is 5.07. The number of carbonyl (C=O) groups is 1. The Morgan fingerprint density at radius 2 is 1.86 bits per heavy atom. The van der Waals surface area contributed by atoms with Gasteiger partial charge < -0.3 is 15.4 Å². The van der Waals surface area contributed by atoms with Gasteiger partial charge in [0.1, 0.15) is 5.75 Å². The first-order valence-electron chi connectivity index (χ1n) is 6.41. The smallest absolute Gasteiger partial charge is 0.323 e. The maximum Gasteiger partial charge on any atom is 0.323 e. The highest BCUT2D eigenvalue weighted by Gasteiger charge is 2.04. The minimum atomic E-state index is -0.408. The van der Waals surface area contributed by atoms with Crippen molar-refractivity contribution in [3.8, 4) is 5.75 Å². The zero-order valence-corrected chi connectivity index (χ0v) is 13.3. The number of benzene rings is 2. The number of anilines is 1. The number of amides is 2. The van der Waals surface area contributed by atoms with Crippen LogP contribution in [-0.4, -0.2) is 13.1 Å². The van der Waals surface area contributed by atoms with Crippen molar-refractivity contribution in [1.82, 2.24) is 5.32 Å². The maximum absolute atomic E-state index is 11.8. The zero-order chi connectivity index (χ0) is 15.9. The predicted octanol–water partition coefficient (Wildman–Crippen LogP) is 4.79. The third-order valence-corrected chi connectivity index (χ3v) is 3.35. The highest BCUT2D eigenvalue weighted by Crippen LogP contribution is 2.25. The van der Waals surface area contributed by atoms with Crippen molar-refractivity contribution in [2.75, 3.05) is 12.4 Å². The maximum atomic E-state index is 11.8. The van der Waals surface area contributed by atoms with Crippen LogP contribution in [0.25, 0.3) is 6.08 Å². The molecule has 0 aromatic heterocycles. The molecule has 2 amide bonds. The molecule has 2 rings (SSSR count). The number of urea groups is 1. The quantitative estimate of drug-likeness (QED) is 0.842. The van der Waals surface area contributed by atoms with Gasteiger partial charge in [0.05, 0.1) is 17.8 Å². The van der Waals surface area contributed by atoms with Crippen LogP contribution in [0.5, 0.6) is 5.75 Å². The number of methoxy groups -OCH3 is 1. The molecule has 0 aliphatic carbocycles. The summed E-state index contributed by atoms with van der Waals surface area (Å²) in [5.74, 6) is 0.776. The van der Waals surface area contributed by atoms with Gasteiger partial charge in [-0.1, -0.05) is 35.3 Å². The minimum absolute atomic E-state index is 0.408.